The summed E-state index contributed by atoms with van der Waals surface area (Å²) in [5, 5.41) is 9.04. The van der Waals surface area contributed by atoms with Gasteiger partial charge in [-0.3, -0.25) is 0 Å². The quantitative estimate of drug-likeness (QED) is 0.753. The third-order valence-electron chi connectivity index (χ3n) is 2.74. The standard InChI is InChI=1S/C12H15N3/c1-3-15(11-6-7-11)12-10(8-13)5-4-9(2)14-12/h4-5,11H,3,6-7H2,1-2H3. The first kappa shape index (κ1) is 9.97. The van der Waals surface area contributed by atoms with Gasteiger partial charge in [-0.15, -0.1) is 0 Å². The van der Waals surface area contributed by atoms with Crippen molar-refractivity contribution in [2.75, 3.05) is 11.4 Å². The van der Waals surface area contributed by atoms with Crippen LogP contribution in [0.4, 0.5) is 5.82 Å². The van der Waals surface area contributed by atoms with Crippen molar-refractivity contribution < 1.29 is 0 Å². The molecule has 1 aliphatic carbocycles. The molecule has 1 aromatic heterocycles. The number of nitrogens with zero attached hydrogens (tertiary/aromatic N) is 3. The zero-order valence-electron chi connectivity index (χ0n) is 9.20. The molecular formula is C12H15N3. The molecule has 0 bridgehead atoms. The van der Waals surface area contributed by atoms with Gasteiger partial charge in [-0.05, 0) is 38.8 Å². The van der Waals surface area contributed by atoms with Gasteiger partial charge >= 0.3 is 0 Å². The normalized spacial score (nSPS) is 14.7. The van der Waals surface area contributed by atoms with Gasteiger partial charge in [0.2, 0.25) is 0 Å². The Morgan fingerprint density at radius 3 is 2.80 bits per heavy atom. The Morgan fingerprint density at radius 2 is 2.27 bits per heavy atom. The van der Waals surface area contributed by atoms with Gasteiger partial charge in [0.15, 0.2) is 0 Å². The highest BCUT2D eigenvalue weighted by Gasteiger charge is 2.30. The third kappa shape index (κ3) is 1.94. The van der Waals surface area contributed by atoms with Gasteiger partial charge in [0.05, 0.1) is 5.56 Å². The van der Waals surface area contributed by atoms with Crippen LogP contribution < -0.4 is 4.90 Å². The van der Waals surface area contributed by atoms with E-state index < -0.39 is 0 Å². The number of aryl methyl sites for hydroxylation is 1. The van der Waals surface area contributed by atoms with Gasteiger partial charge in [-0.1, -0.05) is 0 Å². The van der Waals surface area contributed by atoms with Crippen molar-refractivity contribution >= 4 is 5.82 Å². The first-order valence-electron chi connectivity index (χ1n) is 5.40. The zero-order valence-corrected chi connectivity index (χ0v) is 9.20. The highest BCUT2D eigenvalue weighted by Crippen LogP contribution is 2.31. The van der Waals surface area contributed by atoms with Crippen molar-refractivity contribution in [2.24, 2.45) is 0 Å². The monoisotopic (exact) mass is 201 g/mol. The molecule has 0 radical (unpaired) electrons. The number of anilines is 1. The smallest absolute Gasteiger partial charge is 0.147 e. The van der Waals surface area contributed by atoms with Crippen molar-refractivity contribution in [1.29, 1.82) is 5.26 Å². The Kier molecular flexibility index (Phi) is 2.59. The fraction of sp³-hybridized carbons (Fsp3) is 0.500. The lowest BCUT2D eigenvalue weighted by Crippen LogP contribution is -2.27. The molecule has 0 amide bonds. The van der Waals surface area contributed by atoms with Crippen LogP contribution in [0.15, 0.2) is 12.1 Å². The Hall–Kier alpha value is -1.56. The lowest BCUT2D eigenvalue weighted by Gasteiger charge is -2.22. The second kappa shape index (κ2) is 3.90. The summed E-state index contributed by atoms with van der Waals surface area (Å²) in [4.78, 5) is 6.72. The second-order valence-electron chi connectivity index (χ2n) is 3.95. The summed E-state index contributed by atoms with van der Waals surface area (Å²) in [6.07, 6.45) is 2.46. The summed E-state index contributed by atoms with van der Waals surface area (Å²) in [5.74, 6) is 0.863. The van der Waals surface area contributed by atoms with Crippen LogP contribution in [-0.4, -0.2) is 17.6 Å². The molecule has 1 aromatic rings. The minimum atomic E-state index is 0.608. The molecule has 1 aliphatic rings. The molecule has 3 nitrogen and oxygen atoms in total. The van der Waals surface area contributed by atoms with Crippen LogP contribution in [0.5, 0.6) is 0 Å². The molecule has 78 valence electrons. The predicted octanol–water partition coefficient (Wildman–Crippen LogP) is 2.25. The van der Waals surface area contributed by atoms with Gasteiger partial charge in [-0.25, -0.2) is 4.98 Å². The molecular weight excluding hydrogens is 186 g/mol. The van der Waals surface area contributed by atoms with Crippen LogP contribution in [0, 0.1) is 18.3 Å². The number of pyridine rings is 1. The van der Waals surface area contributed by atoms with Crippen LogP contribution >= 0.6 is 0 Å². The molecule has 0 aliphatic heterocycles. The number of aromatic nitrogens is 1. The summed E-state index contributed by atoms with van der Waals surface area (Å²) in [7, 11) is 0. The summed E-state index contributed by atoms with van der Waals surface area (Å²) < 4.78 is 0. The van der Waals surface area contributed by atoms with Crippen LogP contribution in [0.1, 0.15) is 31.0 Å². The average molecular weight is 201 g/mol. The number of nitriles is 1. The van der Waals surface area contributed by atoms with Crippen LogP contribution in [-0.2, 0) is 0 Å². The van der Waals surface area contributed by atoms with E-state index >= 15 is 0 Å². The molecule has 0 saturated heterocycles. The van der Waals surface area contributed by atoms with Crippen LogP contribution in [0.3, 0.4) is 0 Å². The lowest BCUT2D eigenvalue weighted by atomic mass is 10.2. The van der Waals surface area contributed by atoms with Gasteiger partial charge in [0.1, 0.15) is 11.9 Å². The van der Waals surface area contributed by atoms with E-state index in [9.17, 15) is 0 Å². The Balaban J connectivity index is 2.39. The van der Waals surface area contributed by atoms with E-state index in [0.29, 0.717) is 11.6 Å². The SMILES string of the molecule is CCN(c1nc(C)ccc1C#N)C1CC1. The number of hydrogen-bond donors (Lipinski definition) is 0. The minimum Gasteiger partial charge on any atom is -0.353 e. The van der Waals surface area contributed by atoms with Crippen molar-refractivity contribution in [2.45, 2.75) is 32.7 Å². The summed E-state index contributed by atoms with van der Waals surface area (Å²) in [5.41, 5.74) is 1.66. The van der Waals surface area contributed by atoms with Crippen molar-refractivity contribution in [3.63, 3.8) is 0 Å². The van der Waals surface area contributed by atoms with Gasteiger partial charge < -0.3 is 4.90 Å². The van der Waals surface area contributed by atoms with Crippen molar-refractivity contribution in [1.82, 2.24) is 4.98 Å². The topological polar surface area (TPSA) is 39.9 Å². The predicted molar refractivity (Wildman–Crippen MR) is 59.7 cm³/mol. The molecule has 1 saturated carbocycles. The fourth-order valence-electron chi connectivity index (χ4n) is 1.82. The molecule has 3 heteroatoms. The number of hydrogen-bond acceptors (Lipinski definition) is 3. The Bertz CT molecular complexity index is 402. The van der Waals surface area contributed by atoms with Gasteiger partial charge in [0, 0.05) is 18.3 Å². The third-order valence-corrected chi connectivity index (χ3v) is 2.74. The van der Waals surface area contributed by atoms with Crippen molar-refractivity contribution in [3.05, 3.63) is 23.4 Å². The van der Waals surface area contributed by atoms with Crippen LogP contribution in [0.2, 0.25) is 0 Å². The highest BCUT2D eigenvalue weighted by molar-refractivity contribution is 5.55. The van der Waals surface area contributed by atoms with E-state index in [0.717, 1.165) is 18.1 Å². The molecule has 0 unspecified atom stereocenters. The number of rotatable bonds is 3. The van der Waals surface area contributed by atoms with E-state index in [-0.39, 0.29) is 0 Å². The largest absolute Gasteiger partial charge is 0.353 e. The van der Waals surface area contributed by atoms with Crippen molar-refractivity contribution in [3.8, 4) is 6.07 Å². The Morgan fingerprint density at radius 1 is 1.53 bits per heavy atom. The Labute approximate surface area is 90.4 Å². The molecule has 0 N–H and O–H groups in total. The molecule has 0 aromatic carbocycles. The maximum Gasteiger partial charge on any atom is 0.147 e. The molecule has 1 fully saturated rings. The lowest BCUT2D eigenvalue weighted by molar-refractivity contribution is 0.803. The molecule has 0 atom stereocenters. The van der Waals surface area contributed by atoms with Gasteiger partial charge in [0.25, 0.3) is 0 Å². The summed E-state index contributed by atoms with van der Waals surface area (Å²) in [6.45, 7) is 5.00. The summed E-state index contributed by atoms with van der Waals surface area (Å²) in [6, 6.07) is 6.58. The molecule has 15 heavy (non-hydrogen) atoms. The van der Waals surface area contributed by atoms with E-state index in [2.05, 4.69) is 22.9 Å². The van der Waals surface area contributed by atoms with E-state index in [1.807, 2.05) is 19.1 Å². The fourth-order valence-corrected chi connectivity index (χ4v) is 1.82. The molecule has 0 spiro atoms. The maximum atomic E-state index is 9.04. The minimum absolute atomic E-state index is 0.608. The molecule has 1 heterocycles. The van der Waals surface area contributed by atoms with E-state index in [1.165, 1.54) is 12.8 Å². The summed E-state index contributed by atoms with van der Waals surface area (Å²) >= 11 is 0. The van der Waals surface area contributed by atoms with E-state index in [4.69, 9.17) is 5.26 Å². The van der Waals surface area contributed by atoms with Crippen LogP contribution in [0.25, 0.3) is 0 Å². The first-order chi connectivity index (χ1) is 7.26. The zero-order chi connectivity index (χ0) is 10.8. The maximum absolute atomic E-state index is 9.04. The average Bonchev–Trinajstić information content (AvgIpc) is 3.04. The van der Waals surface area contributed by atoms with E-state index in [1.54, 1.807) is 0 Å². The highest BCUT2D eigenvalue weighted by atomic mass is 15.2. The second-order valence-corrected chi connectivity index (χ2v) is 3.95. The first-order valence-corrected chi connectivity index (χ1v) is 5.40. The van der Waals surface area contributed by atoms with Gasteiger partial charge in [-0.2, -0.15) is 5.26 Å². The molecule has 2 rings (SSSR count).